The van der Waals surface area contributed by atoms with Crippen LogP contribution in [0.2, 0.25) is 0 Å². The third-order valence-corrected chi connectivity index (χ3v) is 5.12. The molecule has 2 amide bonds. The Kier molecular flexibility index (Phi) is 7.38. The van der Waals surface area contributed by atoms with Crippen molar-refractivity contribution in [3.05, 3.63) is 35.9 Å². The Hall–Kier alpha value is -2.63. The van der Waals surface area contributed by atoms with E-state index in [1.807, 2.05) is 4.72 Å². The molecule has 0 bridgehead atoms. The van der Waals surface area contributed by atoms with Gasteiger partial charge < -0.3 is 14.6 Å². The average molecular weight is 431 g/mol. The summed E-state index contributed by atoms with van der Waals surface area (Å²) >= 11 is 5.61. The van der Waals surface area contributed by atoms with Crippen LogP contribution < -0.4 is 19.5 Å². The van der Waals surface area contributed by atoms with Crippen LogP contribution in [0.1, 0.15) is 18.1 Å². The predicted molar refractivity (Wildman–Crippen MR) is 101 cm³/mol. The molecule has 1 aromatic carbocycles. The monoisotopic (exact) mass is 430 g/mol. The van der Waals surface area contributed by atoms with Crippen LogP contribution in [0.15, 0.2) is 35.2 Å². The second-order valence-corrected chi connectivity index (χ2v) is 7.40. The summed E-state index contributed by atoms with van der Waals surface area (Å²) in [5.41, 5.74) is 0.128. The number of hydrogen-bond donors (Lipinski definition) is 3. The molecule has 0 spiro atoms. The van der Waals surface area contributed by atoms with E-state index in [-0.39, 0.29) is 40.5 Å². The third kappa shape index (κ3) is 5.44. The highest BCUT2D eigenvalue weighted by molar-refractivity contribution is 7.90. The van der Waals surface area contributed by atoms with E-state index in [4.69, 9.17) is 21.1 Å². The van der Waals surface area contributed by atoms with Gasteiger partial charge in [-0.25, -0.2) is 17.9 Å². The molecule has 12 heteroatoms. The number of nitrogens with zero attached hydrogens (tertiary/aromatic N) is 2. The lowest BCUT2D eigenvalue weighted by molar-refractivity contribution is 0.171. The molecule has 2 rings (SSSR count). The molecule has 0 aliphatic carbocycles. The average Bonchev–Trinajstić information content (AvgIpc) is 2.67. The Morgan fingerprint density at radius 3 is 2.39 bits per heavy atom. The molecule has 0 aliphatic heterocycles. The number of carbonyl (C=O) groups is 1. The van der Waals surface area contributed by atoms with E-state index in [1.54, 1.807) is 6.07 Å². The van der Waals surface area contributed by atoms with Gasteiger partial charge in [0.25, 0.3) is 10.0 Å². The molecule has 0 fully saturated rings. The Labute approximate surface area is 166 Å². The minimum Gasteiger partial charge on any atom is -0.481 e. The van der Waals surface area contributed by atoms with Crippen molar-refractivity contribution in [3.63, 3.8) is 0 Å². The van der Waals surface area contributed by atoms with Crippen molar-refractivity contribution in [2.45, 2.75) is 17.4 Å². The van der Waals surface area contributed by atoms with Gasteiger partial charge in [-0.1, -0.05) is 18.2 Å². The number of rotatable bonds is 8. The fourth-order valence-corrected chi connectivity index (χ4v) is 3.62. The summed E-state index contributed by atoms with van der Waals surface area (Å²) in [5, 5.41) is 12.3. The summed E-state index contributed by atoms with van der Waals surface area (Å²) in [7, 11) is -1.57. The first-order chi connectivity index (χ1) is 13.3. The molecule has 0 radical (unpaired) electrons. The number of methoxy groups -OCH3 is 2. The highest BCUT2D eigenvalue weighted by atomic mass is 35.5. The largest absolute Gasteiger partial charge is 0.481 e. The van der Waals surface area contributed by atoms with Crippen LogP contribution in [0.5, 0.6) is 11.8 Å². The van der Waals surface area contributed by atoms with Crippen LogP contribution in [0.4, 0.5) is 10.7 Å². The maximum Gasteiger partial charge on any atom is 0.335 e. The molecule has 1 aromatic heterocycles. The lowest BCUT2D eigenvalue weighted by atomic mass is 10.1. The zero-order chi connectivity index (χ0) is 20.7. The fourth-order valence-electron chi connectivity index (χ4n) is 2.23. The Bertz CT molecular complexity index is 918. The molecule has 1 unspecified atom stereocenters. The molecule has 0 saturated carbocycles. The van der Waals surface area contributed by atoms with Gasteiger partial charge in [0.1, 0.15) is 0 Å². The third-order valence-electron chi connectivity index (χ3n) is 3.50. The topological polar surface area (TPSA) is 140 Å². The first kappa shape index (κ1) is 21.7. The van der Waals surface area contributed by atoms with Crippen LogP contribution in [0.3, 0.4) is 0 Å². The lowest BCUT2D eigenvalue weighted by Gasteiger charge is -2.15. The number of ether oxygens (including phenoxy) is 2. The quantitative estimate of drug-likeness (QED) is 0.537. The Morgan fingerprint density at radius 2 is 1.82 bits per heavy atom. The second kappa shape index (κ2) is 9.53. The van der Waals surface area contributed by atoms with E-state index in [9.17, 15) is 18.3 Å². The number of anilines is 1. The van der Waals surface area contributed by atoms with Crippen LogP contribution in [0.25, 0.3) is 0 Å². The summed E-state index contributed by atoms with van der Waals surface area (Å²) < 4.78 is 37.0. The fraction of sp³-hybridized carbons (Fsp3) is 0.312. The summed E-state index contributed by atoms with van der Waals surface area (Å²) in [6.07, 6.45) is -0.947. The molecule has 2 aromatic rings. The molecular weight excluding hydrogens is 412 g/mol. The van der Waals surface area contributed by atoms with E-state index < -0.39 is 22.2 Å². The highest BCUT2D eigenvalue weighted by Crippen LogP contribution is 2.25. The van der Waals surface area contributed by atoms with Crippen LogP contribution in [0, 0.1) is 0 Å². The van der Waals surface area contributed by atoms with Crippen molar-refractivity contribution < 1.29 is 27.8 Å². The first-order valence-electron chi connectivity index (χ1n) is 7.94. The number of aromatic nitrogens is 2. The van der Waals surface area contributed by atoms with Crippen molar-refractivity contribution in [2.75, 3.05) is 25.4 Å². The molecule has 10 nitrogen and oxygen atoms in total. The zero-order valence-corrected chi connectivity index (χ0v) is 16.6. The molecule has 1 atom stereocenters. The van der Waals surface area contributed by atoms with Crippen molar-refractivity contribution in [1.29, 1.82) is 0 Å². The molecule has 152 valence electrons. The maximum atomic E-state index is 12.6. The molecular formula is C16H19ClN4O6S. The minimum atomic E-state index is -4.29. The van der Waals surface area contributed by atoms with Crippen molar-refractivity contribution >= 4 is 33.6 Å². The molecule has 0 aliphatic rings. The van der Waals surface area contributed by atoms with E-state index >= 15 is 0 Å². The van der Waals surface area contributed by atoms with E-state index in [2.05, 4.69) is 15.3 Å². The number of hydrogen-bond acceptors (Lipinski definition) is 8. The number of amides is 2. The SMILES string of the molecule is COc1cc(OC)nc(NC(=O)NS(=O)(=O)c2ccccc2C(O)CCCl)n1. The van der Waals surface area contributed by atoms with Gasteiger partial charge in [-0.3, -0.25) is 5.32 Å². The van der Waals surface area contributed by atoms with Gasteiger partial charge in [0, 0.05) is 11.4 Å². The normalized spacial score (nSPS) is 12.1. The molecule has 3 N–H and O–H groups in total. The number of aliphatic hydroxyl groups is 1. The van der Waals surface area contributed by atoms with E-state index in [1.165, 1.54) is 38.5 Å². The van der Waals surface area contributed by atoms with Crippen LogP contribution in [-0.4, -0.2) is 49.6 Å². The van der Waals surface area contributed by atoms with E-state index in [0.717, 1.165) is 0 Å². The molecule has 28 heavy (non-hydrogen) atoms. The van der Waals surface area contributed by atoms with Crippen LogP contribution in [-0.2, 0) is 10.0 Å². The van der Waals surface area contributed by atoms with Crippen molar-refractivity contribution in [2.24, 2.45) is 0 Å². The van der Waals surface area contributed by atoms with Gasteiger partial charge >= 0.3 is 6.03 Å². The summed E-state index contributed by atoms with van der Waals surface area (Å²) in [6, 6.07) is 6.04. The summed E-state index contributed by atoms with van der Waals surface area (Å²) in [6.45, 7) is 0. The number of alkyl halides is 1. The van der Waals surface area contributed by atoms with Crippen LogP contribution >= 0.6 is 11.6 Å². The number of aliphatic hydroxyl groups excluding tert-OH is 1. The van der Waals surface area contributed by atoms with Gasteiger partial charge in [-0.15, -0.1) is 11.6 Å². The zero-order valence-electron chi connectivity index (χ0n) is 15.0. The predicted octanol–water partition coefficient (Wildman–Crippen LogP) is 1.67. The van der Waals surface area contributed by atoms with E-state index in [0.29, 0.717) is 0 Å². The number of carbonyl (C=O) groups excluding carboxylic acids is 1. The lowest BCUT2D eigenvalue weighted by Crippen LogP contribution is -2.35. The van der Waals surface area contributed by atoms with Gasteiger partial charge in [0.15, 0.2) is 0 Å². The number of nitrogens with one attached hydrogen (secondary N) is 2. The van der Waals surface area contributed by atoms with Gasteiger partial charge in [0.05, 0.1) is 31.3 Å². The standard InChI is InChI=1S/C16H19ClN4O6S/c1-26-13-9-14(27-2)19-15(18-13)20-16(23)21-28(24,25)12-6-4-3-5-10(12)11(22)7-8-17/h3-6,9,11,22H,7-8H2,1-2H3,(H2,18,19,20,21,23). The number of urea groups is 1. The Balaban J connectivity index is 2.22. The van der Waals surface area contributed by atoms with Gasteiger partial charge in [0.2, 0.25) is 17.7 Å². The number of sulfonamides is 1. The minimum absolute atomic E-state index is 0.111. The number of benzene rings is 1. The molecule has 1 heterocycles. The van der Waals surface area contributed by atoms with Crippen molar-refractivity contribution in [1.82, 2.24) is 14.7 Å². The first-order valence-corrected chi connectivity index (χ1v) is 9.96. The Morgan fingerprint density at radius 1 is 1.21 bits per heavy atom. The molecule has 0 saturated heterocycles. The van der Waals surface area contributed by atoms with Gasteiger partial charge in [-0.2, -0.15) is 9.97 Å². The second-order valence-electron chi connectivity index (χ2n) is 5.37. The summed E-state index contributed by atoms with van der Waals surface area (Å²) in [5.74, 6) is 0.136. The maximum absolute atomic E-state index is 12.6. The summed E-state index contributed by atoms with van der Waals surface area (Å²) in [4.78, 5) is 19.7. The smallest absolute Gasteiger partial charge is 0.335 e. The van der Waals surface area contributed by atoms with Crippen molar-refractivity contribution in [3.8, 4) is 11.8 Å². The highest BCUT2D eigenvalue weighted by Gasteiger charge is 2.24. The van der Waals surface area contributed by atoms with Gasteiger partial charge in [-0.05, 0) is 12.5 Å². The number of halogens is 1.